The number of ether oxygens (including phenoxy) is 1. The molecule has 3 rings (SSSR count). The maximum absolute atomic E-state index is 12.9. The van der Waals surface area contributed by atoms with Gasteiger partial charge in [0, 0.05) is 57.1 Å². The normalized spacial score (nSPS) is 18.8. The molecule has 2 aliphatic rings. The lowest BCUT2D eigenvalue weighted by Gasteiger charge is -2.29. The molecule has 7 nitrogen and oxygen atoms in total. The molecule has 1 unspecified atom stereocenters. The minimum Gasteiger partial charge on any atom is -0.377 e. The summed E-state index contributed by atoms with van der Waals surface area (Å²) in [6.45, 7) is 5.70. The second kappa shape index (κ2) is 10.2. The first-order valence-electron chi connectivity index (χ1n) is 11.1. The molecule has 1 aromatic carbocycles. The van der Waals surface area contributed by atoms with Crippen molar-refractivity contribution >= 4 is 23.3 Å². The number of amides is 3. The summed E-state index contributed by atoms with van der Waals surface area (Å²) in [7, 11) is 3.98. The molecule has 0 radical (unpaired) electrons. The predicted octanol–water partition coefficient (Wildman–Crippen LogP) is 3.59. The predicted molar refractivity (Wildman–Crippen MR) is 120 cm³/mol. The molecule has 30 heavy (non-hydrogen) atoms. The van der Waals surface area contributed by atoms with Crippen LogP contribution in [0.5, 0.6) is 0 Å². The summed E-state index contributed by atoms with van der Waals surface area (Å²) in [5, 5.41) is 6.07. The van der Waals surface area contributed by atoms with E-state index in [-0.39, 0.29) is 30.0 Å². The van der Waals surface area contributed by atoms with E-state index in [1.54, 1.807) is 0 Å². The zero-order valence-corrected chi connectivity index (χ0v) is 18.7. The maximum atomic E-state index is 12.9. The summed E-state index contributed by atoms with van der Waals surface area (Å²) in [6, 6.07) is 5.92. The molecule has 3 amide bonds. The van der Waals surface area contributed by atoms with Crippen LogP contribution in [-0.4, -0.2) is 56.2 Å². The summed E-state index contributed by atoms with van der Waals surface area (Å²) in [4.78, 5) is 29.2. The summed E-state index contributed by atoms with van der Waals surface area (Å²) < 4.78 is 5.79. The topological polar surface area (TPSA) is 73.9 Å². The quantitative estimate of drug-likeness (QED) is 0.679. The van der Waals surface area contributed by atoms with Gasteiger partial charge in [-0.2, -0.15) is 0 Å². The molecule has 1 aliphatic carbocycles. The SMILES string of the molecule is CC(C)NC(=O)N(Cc1cc(NC(=O)C2CCC2)ccc1N(C)C)CC1CCCO1. The fraction of sp³-hybridized carbons (Fsp3) is 0.652. The van der Waals surface area contributed by atoms with Crippen molar-refractivity contribution in [2.75, 3.05) is 37.5 Å². The zero-order chi connectivity index (χ0) is 21.7. The van der Waals surface area contributed by atoms with Crippen molar-refractivity contribution < 1.29 is 14.3 Å². The molecule has 1 saturated carbocycles. The first kappa shape index (κ1) is 22.4. The van der Waals surface area contributed by atoms with Gasteiger partial charge in [0.15, 0.2) is 0 Å². The van der Waals surface area contributed by atoms with Crippen molar-refractivity contribution in [2.24, 2.45) is 5.92 Å². The highest BCUT2D eigenvalue weighted by atomic mass is 16.5. The van der Waals surface area contributed by atoms with E-state index < -0.39 is 0 Å². The van der Waals surface area contributed by atoms with E-state index in [0.29, 0.717) is 13.1 Å². The average molecular weight is 417 g/mol. The Morgan fingerprint density at radius 3 is 2.50 bits per heavy atom. The van der Waals surface area contributed by atoms with E-state index in [0.717, 1.165) is 55.6 Å². The van der Waals surface area contributed by atoms with Crippen LogP contribution in [0, 0.1) is 5.92 Å². The molecule has 1 aliphatic heterocycles. The van der Waals surface area contributed by atoms with Gasteiger partial charge in [-0.25, -0.2) is 4.79 Å². The minimum atomic E-state index is -0.0888. The van der Waals surface area contributed by atoms with Crippen LogP contribution in [0.25, 0.3) is 0 Å². The third kappa shape index (κ3) is 5.88. The molecule has 2 N–H and O–H groups in total. The van der Waals surface area contributed by atoms with E-state index in [2.05, 4.69) is 10.6 Å². The van der Waals surface area contributed by atoms with E-state index in [9.17, 15) is 9.59 Å². The molecule has 1 heterocycles. The van der Waals surface area contributed by atoms with Crippen molar-refractivity contribution in [3.63, 3.8) is 0 Å². The number of urea groups is 1. The van der Waals surface area contributed by atoms with Gasteiger partial charge in [0.2, 0.25) is 5.91 Å². The first-order valence-corrected chi connectivity index (χ1v) is 11.1. The van der Waals surface area contributed by atoms with E-state index in [1.165, 1.54) is 0 Å². The maximum Gasteiger partial charge on any atom is 0.317 e. The fourth-order valence-corrected chi connectivity index (χ4v) is 3.94. The molecule has 166 valence electrons. The standard InChI is InChI=1S/C23H36N4O3/c1-16(2)24-23(29)27(15-20-9-6-12-30-20)14-18-13-19(10-11-21(18)26(3)4)25-22(28)17-7-5-8-17/h10-11,13,16-17,20H,5-9,12,14-15H2,1-4H3,(H,24,29)(H,25,28). The first-order chi connectivity index (χ1) is 14.3. The highest BCUT2D eigenvalue weighted by Crippen LogP contribution is 2.29. The second-order valence-corrected chi connectivity index (χ2v) is 8.97. The van der Waals surface area contributed by atoms with Gasteiger partial charge in [0.25, 0.3) is 0 Å². The summed E-state index contributed by atoms with van der Waals surface area (Å²) in [5.41, 5.74) is 2.82. The van der Waals surface area contributed by atoms with Gasteiger partial charge in [-0.05, 0) is 63.3 Å². The molecule has 1 aromatic rings. The Morgan fingerprint density at radius 2 is 1.93 bits per heavy atom. The fourth-order valence-electron chi connectivity index (χ4n) is 3.94. The number of rotatable bonds is 8. The molecule has 0 spiro atoms. The van der Waals surface area contributed by atoms with E-state index >= 15 is 0 Å². The Labute approximate surface area is 180 Å². The lowest BCUT2D eigenvalue weighted by Crippen LogP contribution is -2.45. The average Bonchev–Trinajstić information content (AvgIpc) is 3.12. The smallest absolute Gasteiger partial charge is 0.317 e. The van der Waals surface area contributed by atoms with Crippen LogP contribution < -0.4 is 15.5 Å². The van der Waals surface area contributed by atoms with Crippen molar-refractivity contribution in [1.29, 1.82) is 0 Å². The van der Waals surface area contributed by atoms with Crippen LogP contribution in [0.4, 0.5) is 16.2 Å². The number of carbonyl (C=O) groups excluding carboxylic acids is 2. The monoisotopic (exact) mass is 416 g/mol. The Kier molecular flexibility index (Phi) is 7.58. The third-order valence-electron chi connectivity index (χ3n) is 5.81. The largest absolute Gasteiger partial charge is 0.377 e. The van der Waals surface area contributed by atoms with Crippen LogP contribution in [0.15, 0.2) is 18.2 Å². The van der Waals surface area contributed by atoms with Gasteiger partial charge < -0.3 is 25.2 Å². The van der Waals surface area contributed by atoms with Gasteiger partial charge in [-0.15, -0.1) is 0 Å². The molecular formula is C23H36N4O3. The van der Waals surface area contributed by atoms with E-state index in [1.807, 2.05) is 55.9 Å². The molecule has 1 saturated heterocycles. The Morgan fingerprint density at radius 1 is 1.17 bits per heavy atom. The summed E-state index contributed by atoms with van der Waals surface area (Å²) in [6.07, 6.45) is 5.16. The van der Waals surface area contributed by atoms with Crippen molar-refractivity contribution in [2.45, 2.75) is 64.6 Å². The van der Waals surface area contributed by atoms with Crippen LogP contribution in [0.3, 0.4) is 0 Å². The minimum absolute atomic E-state index is 0.0610. The Hall–Kier alpha value is -2.28. The lowest BCUT2D eigenvalue weighted by molar-refractivity contribution is -0.122. The number of hydrogen-bond donors (Lipinski definition) is 2. The van der Waals surface area contributed by atoms with Gasteiger partial charge >= 0.3 is 6.03 Å². The summed E-state index contributed by atoms with van der Waals surface area (Å²) in [5.74, 6) is 0.230. The number of carbonyl (C=O) groups is 2. The van der Waals surface area contributed by atoms with Gasteiger partial charge in [-0.3, -0.25) is 4.79 Å². The van der Waals surface area contributed by atoms with Crippen LogP contribution in [-0.2, 0) is 16.1 Å². The number of hydrogen-bond acceptors (Lipinski definition) is 4. The molecule has 0 bridgehead atoms. The van der Waals surface area contributed by atoms with Gasteiger partial charge in [0.05, 0.1) is 6.10 Å². The van der Waals surface area contributed by atoms with E-state index in [4.69, 9.17) is 4.74 Å². The van der Waals surface area contributed by atoms with Crippen molar-refractivity contribution in [3.8, 4) is 0 Å². The van der Waals surface area contributed by atoms with Gasteiger partial charge in [-0.1, -0.05) is 6.42 Å². The Bertz CT molecular complexity index is 740. The van der Waals surface area contributed by atoms with Crippen LogP contribution in [0.2, 0.25) is 0 Å². The summed E-state index contributed by atoms with van der Waals surface area (Å²) >= 11 is 0. The number of anilines is 2. The van der Waals surface area contributed by atoms with Crippen LogP contribution in [0.1, 0.15) is 51.5 Å². The highest BCUT2D eigenvalue weighted by Gasteiger charge is 2.26. The molecule has 2 fully saturated rings. The van der Waals surface area contributed by atoms with Crippen molar-refractivity contribution in [3.05, 3.63) is 23.8 Å². The zero-order valence-electron chi connectivity index (χ0n) is 18.7. The van der Waals surface area contributed by atoms with Crippen molar-refractivity contribution in [1.82, 2.24) is 10.2 Å². The Balaban J connectivity index is 1.79. The van der Waals surface area contributed by atoms with Crippen LogP contribution >= 0.6 is 0 Å². The number of nitrogens with one attached hydrogen (secondary N) is 2. The molecular weight excluding hydrogens is 380 g/mol. The molecule has 0 aromatic heterocycles. The molecule has 7 heteroatoms. The lowest BCUT2D eigenvalue weighted by atomic mass is 9.85. The third-order valence-corrected chi connectivity index (χ3v) is 5.81. The van der Waals surface area contributed by atoms with Gasteiger partial charge in [0.1, 0.15) is 0 Å². The number of benzene rings is 1. The highest BCUT2D eigenvalue weighted by molar-refractivity contribution is 5.93. The second-order valence-electron chi connectivity index (χ2n) is 8.97. The number of nitrogens with zero attached hydrogens (tertiary/aromatic N) is 2. The molecule has 1 atom stereocenters.